The molecule has 2 aliphatic rings. The number of amides is 1. The topological polar surface area (TPSA) is 58.8 Å². The highest BCUT2D eigenvalue weighted by molar-refractivity contribution is 7.99. The molecule has 1 aromatic rings. The number of rotatable bonds is 3. The number of hydrogen-bond donors (Lipinski definition) is 0. The number of morpholine rings is 1. The lowest BCUT2D eigenvalue weighted by atomic mass is 10.2. The van der Waals surface area contributed by atoms with E-state index in [0.29, 0.717) is 5.76 Å². The van der Waals surface area contributed by atoms with Crippen molar-refractivity contribution in [3.8, 4) is 0 Å². The van der Waals surface area contributed by atoms with Crippen LogP contribution in [0.2, 0.25) is 0 Å². The fraction of sp³-hybridized carbons (Fsp3) is 0.714. The lowest BCUT2D eigenvalue weighted by Crippen LogP contribution is -2.50. The Morgan fingerprint density at radius 2 is 2.24 bits per heavy atom. The van der Waals surface area contributed by atoms with Gasteiger partial charge in [0.15, 0.2) is 0 Å². The summed E-state index contributed by atoms with van der Waals surface area (Å²) < 4.78 is 10.4. The highest BCUT2D eigenvalue weighted by Gasteiger charge is 2.30. The van der Waals surface area contributed by atoms with E-state index in [2.05, 4.69) is 10.1 Å². The van der Waals surface area contributed by atoms with E-state index in [9.17, 15) is 4.79 Å². The van der Waals surface area contributed by atoms with Crippen LogP contribution in [0.4, 0.5) is 0 Å². The number of carbonyl (C=O) groups excluding carboxylic acids is 1. The average Bonchev–Trinajstić information content (AvgIpc) is 2.96. The Kier molecular flexibility index (Phi) is 5.16. The first-order valence-corrected chi connectivity index (χ1v) is 8.59. The van der Waals surface area contributed by atoms with Crippen molar-refractivity contribution in [2.24, 2.45) is 0 Å². The number of carbonyl (C=O) groups is 1. The van der Waals surface area contributed by atoms with E-state index in [4.69, 9.17) is 9.26 Å². The summed E-state index contributed by atoms with van der Waals surface area (Å²) in [5.74, 6) is 2.40. The molecule has 3 heterocycles. The molecule has 116 valence electrons. The smallest absolute Gasteiger partial charge is 0.292 e. The summed E-state index contributed by atoms with van der Waals surface area (Å²) in [5.41, 5.74) is 0. The summed E-state index contributed by atoms with van der Waals surface area (Å²) >= 11 is 1.93. The maximum Gasteiger partial charge on any atom is 0.292 e. The van der Waals surface area contributed by atoms with Crippen molar-refractivity contribution in [2.75, 3.05) is 50.9 Å². The zero-order valence-electron chi connectivity index (χ0n) is 12.1. The van der Waals surface area contributed by atoms with Crippen molar-refractivity contribution >= 4 is 17.7 Å². The summed E-state index contributed by atoms with van der Waals surface area (Å²) in [6, 6.07) is 1.87. The summed E-state index contributed by atoms with van der Waals surface area (Å²) in [7, 11) is 0. The molecule has 1 amide bonds. The van der Waals surface area contributed by atoms with Crippen molar-refractivity contribution in [3.05, 3.63) is 18.0 Å². The van der Waals surface area contributed by atoms with Crippen molar-refractivity contribution in [1.29, 1.82) is 0 Å². The molecule has 0 radical (unpaired) electrons. The minimum absolute atomic E-state index is 0.0340. The number of aromatic nitrogens is 1. The van der Waals surface area contributed by atoms with Crippen molar-refractivity contribution < 1.29 is 14.1 Å². The maximum absolute atomic E-state index is 12.6. The van der Waals surface area contributed by atoms with Gasteiger partial charge in [-0.1, -0.05) is 5.16 Å². The third-order valence-electron chi connectivity index (χ3n) is 3.92. The van der Waals surface area contributed by atoms with Gasteiger partial charge in [-0.2, -0.15) is 11.8 Å². The van der Waals surface area contributed by atoms with Crippen molar-refractivity contribution in [1.82, 2.24) is 15.0 Å². The van der Waals surface area contributed by atoms with Gasteiger partial charge < -0.3 is 14.2 Å². The molecule has 1 unspecified atom stereocenters. The molecule has 0 N–H and O–H groups in total. The molecule has 2 fully saturated rings. The average molecular weight is 311 g/mol. The Balaban J connectivity index is 1.69. The van der Waals surface area contributed by atoms with Crippen LogP contribution in [-0.2, 0) is 4.74 Å². The van der Waals surface area contributed by atoms with Crippen LogP contribution in [0.25, 0.3) is 0 Å². The molecule has 0 bridgehead atoms. The molecule has 2 saturated heterocycles. The zero-order valence-corrected chi connectivity index (χ0v) is 12.9. The minimum atomic E-state index is -0.0340. The predicted octanol–water partition coefficient (Wildman–Crippen LogP) is 0.954. The first kappa shape index (κ1) is 14.9. The van der Waals surface area contributed by atoms with E-state index in [-0.39, 0.29) is 11.9 Å². The molecule has 7 heteroatoms. The van der Waals surface area contributed by atoms with Crippen molar-refractivity contribution in [3.63, 3.8) is 0 Å². The quantitative estimate of drug-likeness (QED) is 0.828. The lowest BCUT2D eigenvalue weighted by Gasteiger charge is -2.35. The first-order chi connectivity index (χ1) is 10.3. The van der Waals surface area contributed by atoms with Crippen LogP contribution in [-0.4, -0.2) is 77.8 Å². The molecule has 0 spiro atoms. The van der Waals surface area contributed by atoms with Gasteiger partial charge in [0.1, 0.15) is 0 Å². The maximum atomic E-state index is 12.6. The number of thioether (sulfide) groups is 1. The van der Waals surface area contributed by atoms with Gasteiger partial charge >= 0.3 is 0 Å². The van der Waals surface area contributed by atoms with E-state index in [1.165, 1.54) is 6.20 Å². The Morgan fingerprint density at radius 3 is 3.00 bits per heavy atom. The van der Waals surface area contributed by atoms with Crippen LogP contribution in [0.5, 0.6) is 0 Å². The molecule has 1 aromatic heterocycles. The highest BCUT2D eigenvalue weighted by Crippen LogP contribution is 2.20. The lowest BCUT2D eigenvalue weighted by molar-refractivity contribution is 0.0237. The Hall–Kier alpha value is -1.05. The van der Waals surface area contributed by atoms with E-state index in [1.807, 2.05) is 16.7 Å². The van der Waals surface area contributed by atoms with Crippen LogP contribution in [0.15, 0.2) is 16.8 Å². The summed E-state index contributed by atoms with van der Waals surface area (Å²) in [5, 5.41) is 3.65. The van der Waals surface area contributed by atoms with Gasteiger partial charge in [0.2, 0.25) is 5.76 Å². The van der Waals surface area contributed by atoms with E-state index < -0.39 is 0 Å². The molecule has 0 aliphatic carbocycles. The zero-order chi connectivity index (χ0) is 14.5. The van der Waals surface area contributed by atoms with Crippen LogP contribution in [0.3, 0.4) is 0 Å². The van der Waals surface area contributed by atoms with Gasteiger partial charge in [0.25, 0.3) is 5.91 Å². The van der Waals surface area contributed by atoms with Gasteiger partial charge in [0.05, 0.1) is 25.5 Å². The van der Waals surface area contributed by atoms with Gasteiger partial charge in [-0.05, 0) is 12.2 Å². The fourth-order valence-electron chi connectivity index (χ4n) is 2.80. The monoisotopic (exact) mass is 311 g/mol. The first-order valence-electron chi connectivity index (χ1n) is 7.44. The number of ether oxygens (including phenoxy) is 1. The van der Waals surface area contributed by atoms with Gasteiger partial charge in [0, 0.05) is 38.0 Å². The molecule has 0 aromatic carbocycles. The van der Waals surface area contributed by atoms with Crippen LogP contribution < -0.4 is 0 Å². The molecular formula is C14H21N3O3S. The molecule has 1 atom stereocenters. The molecule has 6 nitrogen and oxygen atoms in total. The van der Waals surface area contributed by atoms with Gasteiger partial charge in [-0.25, -0.2) is 0 Å². The Bertz CT molecular complexity index is 448. The van der Waals surface area contributed by atoms with Gasteiger partial charge in [-0.15, -0.1) is 0 Å². The second-order valence-corrected chi connectivity index (χ2v) is 6.52. The van der Waals surface area contributed by atoms with E-state index in [1.54, 1.807) is 6.07 Å². The molecular weight excluding hydrogens is 290 g/mol. The van der Waals surface area contributed by atoms with Crippen LogP contribution in [0, 0.1) is 0 Å². The van der Waals surface area contributed by atoms with E-state index in [0.717, 1.165) is 57.3 Å². The molecule has 2 aliphatic heterocycles. The third-order valence-corrected chi connectivity index (χ3v) is 5.12. The standard InChI is InChI=1S/C14H21N3O3S/c18-14(13-2-3-15-20-13)17-4-1-9-21-11-12(17)10-16-5-7-19-8-6-16/h2-3,12H,1,4-11H2. The summed E-state index contributed by atoms with van der Waals surface area (Å²) in [6.45, 7) is 5.18. The minimum Gasteiger partial charge on any atom is -0.379 e. The molecule has 3 rings (SSSR count). The number of hydrogen-bond acceptors (Lipinski definition) is 6. The second kappa shape index (κ2) is 7.29. The Labute approximate surface area is 128 Å². The predicted molar refractivity (Wildman–Crippen MR) is 80.5 cm³/mol. The number of nitrogens with zero attached hydrogens (tertiary/aromatic N) is 3. The third kappa shape index (κ3) is 3.78. The summed E-state index contributed by atoms with van der Waals surface area (Å²) in [4.78, 5) is 17.0. The largest absolute Gasteiger partial charge is 0.379 e. The normalized spacial score (nSPS) is 24.8. The fourth-order valence-corrected chi connectivity index (χ4v) is 3.85. The SMILES string of the molecule is O=C(c1ccno1)N1CCCSCC1CN1CCOCC1. The van der Waals surface area contributed by atoms with Crippen molar-refractivity contribution in [2.45, 2.75) is 12.5 Å². The highest BCUT2D eigenvalue weighted by atomic mass is 32.2. The van der Waals surface area contributed by atoms with Gasteiger partial charge in [-0.3, -0.25) is 9.69 Å². The summed E-state index contributed by atoms with van der Waals surface area (Å²) in [6.07, 6.45) is 2.56. The second-order valence-electron chi connectivity index (χ2n) is 5.37. The van der Waals surface area contributed by atoms with Crippen LogP contribution >= 0.6 is 11.8 Å². The van der Waals surface area contributed by atoms with Crippen LogP contribution in [0.1, 0.15) is 17.0 Å². The Morgan fingerprint density at radius 1 is 1.38 bits per heavy atom. The van der Waals surface area contributed by atoms with E-state index >= 15 is 0 Å². The molecule has 21 heavy (non-hydrogen) atoms. The molecule has 0 saturated carbocycles.